The number of morpholine rings is 1. The van der Waals surface area contributed by atoms with E-state index < -0.39 is 17.7 Å². The molecule has 1 rings (SSSR count). The average Bonchev–Trinajstić information content (AvgIpc) is 2.31. The molecule has 1 heterocycles. The molecular weight excluding hydrogens is 272 g/mol. The summed E-state index contributed by atoms with van der Waals surface area (Å²) in [4.78, 5) is 26.1. The van der Waals surface area contributed by atoms with Crippen molar-refractivity contribution in [1.29, 1.82) is 0 Å². The van der Waals surface area contributed by atoms with Crippen molar-refractivity contribution in [2.24, 2.45) is 0 Å². The van der Waals surface area contributed by atoms with E-state index in [1.807, 2.05) is 20.8 Å². The molecule has 6 nitrogen and oxygen atoms in total. The molecule has 0 saturated carbocycles. The molecule has 21 heavy (non-hydrogen) atoms. The van der Waals surface area contributed by atoms with Crippen LogP contribution in [0.1, 0.15) is 48.0 Å². The third kappa shape index (κ3) is 5.91. The third-order valence-electron chi connectivity index (χ3n) is 3.13. The minimum absolute atomic E-state index is 0.0109. The molecule has 1 N–H and O–H groups in total. The van der Waals surface area contributed by atoms with Crippen LogP contribution in [0.4, 0.5) is 4.79 Å². The van der Waals surface area contributed by atoms with Crippen molar-refractivity contribution in [2.75, 3.05) is 13.1 Å². The third-order valence-corrected chi connectivity index (χ3v) is 3.13. The molecule has 0 aliphatic carbocycles. The summed E-state index contributed by atoms with van der Waals surface area (Å²) in [6.45, 7) is 12.2. The highest BCUT2D eigenvalue weighted by molar-refractivity contribution is 5.85. The molecule has 0 unspecified atom stereocenters. The standard InChI is InChI=1S/C15H28N2O4/c1-7-12(16-14(19)21-15(4,5)6)13(18)17-8-10(2)20-11(3)9-17/h10-12H,7-9H2,1-6H3,(H,16,19)/t10-,11+,12-/m1/s1. The highest BCUT2D eigenvalue weighted by Gasteiger charge is 2.31. The first-order chi connectivity index (χ1) is 9.62. The van der Waals surface area contributed by atoms with Gasteiger partial charge in [-0.25, -0.2) is 4.79 Å². The Kier molecular flexibility index (Phi) is 6.01. The van der Waals surface area contributed by atoms with Crippen molar-refractivity contribution >= 4 is 12.0 Å². The van der Waals surface area contributed by atoms with Crippen LogP contribution in [0.2, 0.25) is 0 Å². The van der Waals surface area contributed by atoms with Crippen LogP contribution in [-0.2, 0) is 14.3 Å². The highest BCUT2D eigenvalue weighted by Crippen LogP contribution is 2.13. The van der Waals surface area contributed by atoms with Crippen LogP contribution in [0.5, 0.6) is 0 Å². The van der Waals surface area contributed by atoms with Gasteiger partial charge in [0.25, 0.3) is 0 Å². The summed E-state index contributed by atoms with van der Waals surface area (Å²) >= 11 is 0. The lowest BCUT2D eigenvalue weighted by molar-refractivity contribution is -0.145. The second-order valence-corrected chi connectivity index (χ2v) is 6.61. The van der Waals surface area contributed by atoms with Gasteiger partial charge in [0.05, 0.1) is 12.2 Å². The Hall–Kier alpha value is -1.30. The van der Waals surface area contributed by atoms with Crippen molar-refractivity contribution in [2.45, 2.75) is 71.8 Å². The van der Waals surface area contributed by atoms with E-state index in [0.29, 0.717) is 19.5 Å². The van der Waals surface area contributed by atoms with Gasteiger partial charge in [0.1, 0.15) is 11.6 Å². The van der Waals surface area contributed by atoms with E-state index in [0.717, 1.165) is 0 Å². The lowest BCUT2D eigenvalue weighted by atomic mass is 10.1. The van der Waals surface area contributed by atoms with E-state index in [1.165, 1.54) is 0 Å². The number of carbonyl (C=O) groups is 2. The number of hydrogen-bond donors (Lipinski definition) is 1. The maximum Gasteiger partial charge on any atom is 0.408 e. The zero-order valence-corrected chi connectivity index (χ0v) is 13.9. The fourth-order valence-corrected chi connectivity index (χ4v) is 2.37. The van der Waals surface area contributed by atoms with Gasteiger partial charge in [0, 0.05) is 13.1 Å². The van der Waals surface area contributed by atoms with Gasteiger partial charge in [-0.3, -0.25) is 4.79 Å². The minimum Gasteiger partial charge on any atom is -0.444 e. The number of ether oxygens (including phenoxy) is 2. The predicted molar refractivity (Wildman–Crippen MR) is 80.0 cm³/mol. The van der Waals surface area contributed by atoms with Crippen LogP contribution in [0.3, 0.4) is 0 Å². The minimum atomic E-state index is -0.576. The first kappa shape index (κ1) is 17.8. The molecule has 1 aliphatic heterocycles. The first-order valence-corrected chi connectivity index (χ1v) is 7.56. The molecule has 2 amide bonds. The Morgan fingerprint density at radius 1 is 1.29 bits per heavy atom. The van der Waals surface area contributed by atoms with Gasteiger partial charge < -0.3 is 19.7 Å². The zero-order valence-electron chi connectivity index (χ0n) is 13.9. The Morgan fingerprint density at radius 2 is 1.81 bits per heavy atom. The molecule has 0 aromatic rings. The Morgan fingerprint density at radius 3 is 2.24 bits per heavy atom. The fourth-order valence-electron chi connectivity index (χ4n) is 2.37. The molecule has 0 radical (unpaired) electrons. The summed E-state index contributed by atoms with van der Waals surface area (Å²) in [5.41, 5.74) is -0.576. The zero-order chi connectivity index (χ0) is 16.2. The van der Waals surface area contributed by atoms with Gasteiger partial charge in [0.2, 0.25) is 5.91 Å². The second kappa shape index (κ2) is 7.11. The van der Waals surface area contributed by atoms with Gasteiger partial charge in [-0.2, -0.15) is 0 Å². The number of carbonyl (C=O) groups excluding carboxylic acids is 2. The second-order valence-electron chi connectivity index (χ2n) is 6.61. The number of hydrogen-bond acceptors (Lipinski definition) is 4. The largest absolute Gasteiger partial charge is 0.444 e. The van der Waals surface area contributed by atoms with Crippen LogP contribution in [0, 0.1) is 0 Å². The topological polar surface area (TPSA) is 67.9 Å². The van der Waals surface area contributed by atoms with Crippen LogP contribution in [0.15, 0.2) is 0 Å². The Bertz CT molecular complexity index is 368. The normalized spacial score (nSPS) is 24.4. The molecular formula is C15H28N2O4. The summed E-state index contributed by atoms with van der Waals surface area (Å²) in [6.07, 6.45) is -0.0106. The van der Waals surface area contributed by atoms with Crippen LogP contribution >= 0.6 is 0 Å². The monoisotopic (exact) mass is 300 g/mol. The predicted octanol–water partition coefficient (Wildman–Crippen LogP) is 1.93. The molecule has 6 heteroatoms. The maximum absolute atomic E-state index is 12.5. The van der Waals surface area contributed by atoms with E-state index in [1.54, 1.807) is 25.7 Å². The number of alkyl carbamates (subject to hydrolysis) is 1. The molecule has 1 aliphatic rings. The molecule has 1 fully saturated rings. The molecule has 0 aromatic carbocycles. The summed E-state index contributed by atoms with van der Waals surface area (Å²) in [5.74, 6) is -0.0784. The lowest BCUT2D eigenvalue weighted by Gasteiger charge is -2.37. The number of nitrogens with one attached hydrogen (secondary N) is 1. The van der Waals surface area contributed by atoms with Gasteiger partial charge in [-0.05, 0) is 41.0 Å². The summed E-state index contributed by atoms with van der Waals surface area (Å²) in [7, 11) is 0. The van der Waals surface area contributed by atoms with Gasteiger partial charge in [-0.15, -0.1) is 0 Å². The number of rotatable bonds is 3. The first-order valence-electron chi connectivity index (χ1n) is 7.56. The van der Waals surface area contributed by atoms with Crippen molar-refractivity contribution in [3.63, 3.8) is 0 Å². The van der Waals surface area contributed by atoms with Gasteiger partial charge >= 0.3 is 6.09 Å². The van der Waals surface area contributed by atoms with E-state index >= 15 is 0 Å². The SMILES string of the molecule is CC[C@@H](NC(=O)OC(C)(C)C)C(=O)N1C[C@@H](C)O[C@@H](C)C1. The van der Waals surface area contributed by atoms with Crippen LogP contribution in [-0.4, -0.2) is 53.8 Å². The molecule has 0 bridgehead atoms. The highest BCUT2D eigenvalue weighted by atomic mass is 16.6. The van der Waals surface area contributed by atoms with Gasteiger partial charge in [0.15, 0.2) is 0 Å². The summed E-state index contributed by atoms with van der Waals surface area (Å²) < 4.78 is 10.8. The molecule has 122 valence electrons. The average molecular weight is 300 g/mol. The quantitative estimate of drug-likeness (QED) is 0.864. The van der Waals surface area contributed by atoms with Crippen LogP contribution in [0.25, 0.3) is 0 Å². The van der Waals surface area contributed by atoms with E-state index in [2.05, 4.69) is 5.32 Å². The van der Waals surface area contributed by atoms with Crippen molar-refractivity contribution in [3.05, 3.63) is 0 Å². The van der Waals surface area contributed by atoms with Crippen molar-refractivity contribution < 1.29 is 19.1 Å². The number of nitrogens with zero attached hydrogens (tertiary/aromatic N) is 1. The molecule has 3 atom stereocenters. The van der Waals surface area contributed by atoms with E-state index in [-0.39, 0.29) is 18.1 Å². The summed E-state index contributed by atoms with van der Waals surface area (Å²) in [6, 6.07) is -0.558. The molecule has 0 spiro atoms. The Labute approximate surface area is 127 Å². The smallest absolute Gasteiger partial charge is 0.408 e. The molecule has 0 aromatic heterocycles. The Balaban J connectivity index is 2.62. The van der Waals surface area contributed by atoms with Gasteiger partial charge in [-0.1, -0.05) is 6.92 Å². The van der Waals surface area contributed by atoms with E-state index in [4.69, 9.17) is 9.47 Å². The molecule has 1 saturated heterocycles. The van der Waals surface area contributed by atoms with Crippen molar-refractivity contribution in [3.8, 4) is 0 Å². The van der Waals surface area contributed by atoms with E-state index in [9.17, 15) is 9.59 Å². The summed E-state index contributed by atoms with van der Waals surface area (Å²) in [5, 5.41) is 2.66. The van der Waals surface area contributed by atoms with Crippen molar-refractivity contribution in [1.82, 2.24) is 10.2 Å². The fraction of sp³-hybridized carbons (Fsp3) is 0.867. The number of amides is 2. The lowest BCUT2D eigenvalue weighted by Crippen LogP contribution is -2.55. The van der Waals surface area contributed by atoms with Crippen LogP contribution < -0.4 is 5.32 Å². The maximum atomic E-state index is 12.5.